The second-order valence-corrected chi connectivity index (χ2v) is 6.91. The molecule has 7 heteroatoms. The van der Waals surface area contributed by atoms with Crippen molar-refractivity contribution in [2.75, 3.05) is 7.05 Å². The van der Waals surface area contributed by atoms with Crippen LogP contribution in [-0.4, -0.2) is 31.3 Å². The maximum absolute atomic E-state index is 12.3. The number of aromatic nitrogens is 1. The van der Waals surface area contributed by atoms with Gasteiger partial charge in [0.05, 0.1) is 10.9 Å². The van der Waals surface area contributed by atoms with Gasteiger partial charge < -0.3 is 4.90 Å². The van der Waals surface area contributed by atoms with E-state index in [9.17, 15) is 13.2 Å². The van der Waals surface area contributed by atoms with Gasteiger partial charge >= 0.3 is 0 Å². The summed E-state index contributed by atoms with van der Waals surface area (Å²) >= 11 is 0. The minimum absolute atomic E-state index is 0.0463. The van der Waals surface area contributed by atoms with Gasteiger partial charge in [-0.25, -0.2) is 13.6 Å². The van der Waals surface area contributed by atoms with Crippen LogP contribution in [-0.2, 0) is 14.8 Å². The smallest absolute Gasteiger partial charge is 0.246 e. The molecule has 0 bridgehead atoms. The predicted molar refractivity (Wildman–Crippen MR) is 92.3 cm³/mol. The van der Waals surface area contributed by atoms with Gasteiger partial charge in [0.1, 0.15) is 0 Å². The van der Waals surface area contributed by atoms with Gasteiger partial charge in [0.25, 0.3) is 0 Å². The summed E-state index contributed by atoms with van der Waals surface area (Å²) in [4.78, 5) is 17.8. The quantitative estimate of drug-likeness (QED) is 0.838. The van der Waals surface area contributed by atoms with E-state index in [-0.39, 0.29) is 16.8 Å². The Bertz CT molecular complexity index is 831. The summed E-state index contributed by atoms with van der Waals surface area (Å²) in [7, 11) is -2.03. The molecular formula is C17H19N3O3S. The van der Waals surface area contributed by atoms with Gasteiger partial charge in [0.15, 0.2) is 0 Å². The number of carbonyl (C=O) groups is 1. The zero-order chi connectivity index (χ0) is 17.7. The average Bonchev–Trinajstić information content (AvgIpc) is 2.58. The fourth-order valence-corrected chi connectivity index (χ4v) is 2.63. The van der Waals surface area contributed by atoms with E-state index in [0.717, 1.165) is 11.1 Å². The minimum Gasteiger partial charge on any atom is -0.335 e. The third kappa shape index (κ3) is 4.50. The van der Waals surface area contributed by atoms with Crippen molar-refractivity contribution in [2.45, 2.75) is 17.9 Å². The van der Waals surface area contributed by atoms with E-state index in [1.165, 1.54) is 18.2 Å². The summed E-state index contributed by atoms with van der Waals surface area (Å²) in [6, 6.07) is 9.58. The number of hydrogen-bond donors (Lipinski definition) is 1. The fourth-order valence-electron chi connectivity index (χ4n) is 2.11. The van der Waals surface area contributed by atoms with Gasteiger partial charge in [-0.1, -0.05) is 12.1 Å². The molecule has 1 aromatic carbocycles. The third-order valence-corrected chi connectivity index (χ3v) is 4.67. The van der Waals surface area contributed by atoms with E-state index < -0.39 is 10.0 Å². The van der Waals surface area contributed by atoms with Gasteiger partial charge in [-0.3, -0.25) is 9.78 Å². The van der Waals surface area contributed by atoms with Gasteiger partial charge in [-0.05, 0) is 48.4 Å². The maximum Gasteiger partial charge on any atom is 0.246 e. The lowest BCUT2D eigenvalue weighted by atomic mass is 10.1. The molecule has 0 aliphatic heterocycles. The van der Waals surface area contributed by atoms with Crippen LogP contribution in [0.1, 0.15) is 24.1 Å². The number of amides is 1. The molecule has 2 rings (SSSR count). The number of pyridine rings is 1. The number of primary sulfonamides is 1. The molecule has 2 N–H and O–H groups in total. The molecule has 6 nitrogen and oxygen atoms in total. The van der Waals surface area contributed by atoms with Gasteiger partial charge in [0, 0.05) is 25.5 Å². The Hall–Kier alpha value is -2.51. The number of benzene rings is 1. The van der Waals surface area contributed by atoms with Crippen LogP contribution in [0, 0.1) is 0 Å². The lowest BCUT2D eigenvalue weighted by molar-refractivity contribution is -0.126. The van der Waals surface area contributed by atoms with E-state index in [0.29, 0.717) is 0 Å². The highest BCUT2D eigenvalue weighted by Gasteiger charge is 2.16. The van der Waals surface area contributed by atoms with Crippen molar-refractivity contribution >= 4 is 22.0 Å². The summed E-state index contributed by atoms with van der Waals surface area (Å²) in [5, 5.41) is 5.08. The Morgan fingerprint density at radius 1 is 1.17 bits per heavy atom. The van der Waals surface area contributed by atoms with Crippen molar-refractivity contribution in [1.29, 1.82) is 0 Å². The van der Waals surface area contributed by atoms with Crippen molar-refractivity contribution in [1.82, 2.24) is 9.88 Å². The minimum atomic E-state index is -3.72. The van der Waals surface area contributed by atoms with Crippen LogP contribution in [0.2, 0.25) is 0 Å². The summed E-state index contributed by atoms with van der Waals surface area (Å²) in [5.41, 5.74) is 1.70. The van der Waals surface area contributed by atoms with E-state index in [1.54, 1.807) is 54.7 Å². The number of nitrogens with two attached hydrogens (primary N) is 1. The third-order valence-electron chi connectivity index (χ3n) is 3.74. The lowest BCUT2D eigenvalue weighted by Crippen LogP contribution is -2.28. The predicted octanol–water partition coefficient (Wildman–Crippen LogP) is 1.96. The molecular weight excluding hydrogens is 326 g/mol. The highest BCUT2D eigenvalue weighted by atomic mass is 32.2. The normalized spacial score (nSPS) is 13.0. The molecule has 1 atom stereocenters. The SMILES string of the molecule is CC(c1ccc(S(N)(=O)=O)cc1)N(C)C(=O)C=Cc1ccncc1. The largest absolute Gasteiger partial charge is 0.335 e. The van der Waals surface area contributed by atoms with Gasteiger partial charge in [-0.2, -0.15) is 0 Å². The summed E-state index contributed by atoms with van der Waals surface area (Å²) in [6.45, 7) is 1.87. The van der Waals surface area contributed by atoms with Gasteiger partial charge in [0.2, 0.25) is 15.9 Å². The molecule has 0 aliphatic rings. The first kappa shape index (κ1) is 17.8. The molecule has 2 aromatic rings. The number of nitrogens with zero attached hydrogens (tertiary/aromatic N) is 2. The monoisotopic (exact) mass is 345 g/mol. The average molecular weight is 345 g/mol. The molecule has 0 saturated carbocycles. The zero-order valence-corrected chi connectivity index (χ0v) is 14.3. The zero-order valence-electron chi connectivity index (χ0n) is 13.5. The van der Waals surface area contributed by atoms with Crippen LogP contribution in [0.4, 0.5) is 0 Å². The molecule has 0 aliphatic carbocycles. The number of likely N-dealkylation sites (N-methyl/N-ethyl adjacent to an activating group) is 1. The van der Waals surface area contributed by atoms with E-state index in [4.69, 9.17) is 5.14 Å². The van der Waals surface area contributed by atoms with Crippen molar-refractivity contribution < 1.29 is 13.2 Å². The second kappa shape index (κ2) is 7.37. The number of hydrogen-bond acceptors (Lipinski definition) is 4. The van der Waals surface area contributed by atoms with Crippen molar-refractivity contribution in [2.24, 2.45) is 5.14 Å². The Morgan fingerprint density at radius 2 is 1.75 bits per heavy atom. The molecule has 0 fully saturated rings. The number of rotatable bonds is 5. The molecule has 1 heterocycles. The van der Waals surface area contributed by atoms with Crippen LogP contribution >= 0.6 is 0 Å². The molecule has 24 heavy (non-hydrogen) atoms. The van der Waals surface area contributed by atoms with E-state index in [1.807, 2.05) is 6.92 Å². The van der Waals surface area contributed by atoms with Crippen LogP contribution < -0.4 is 5.14 Å². The van der Waals surface area contributed by atoms with Crippen molar-refractivity contribution in [3.05, 3.63) is 66.0 Å². The number of carbonyl (C=O) groups excluding carboxylic acids is 1. The van der Waals surface area contributed by atoms with Gasteiger partial charge in [-0.15, -0.1) is 0 Å². The fraction of sp³-hybridized carbons (Fsp3) is 0.176. The summed E-state index contributed by atoms with van der Waals surface area (Å²) in [5.74, 6) is -0.158. The Kier molecular flexibility index (Phi) is 5.48. The highest BCUT2D eigenvalue weighted by molar-refractivity contribution is 7.89. The number of sulfonamides is 1. The first-order valence-corrected chi connectivity index (χ1v) is 8.81. The highest BCUT2D eigenvalue weighted by Crippen LogP contribution is 2.20. The standard InChI is InChI=1S/C17H19N3O3S/c1-13(15-4-6-16(7-5-15)24(18,22)23)20(2)17(21)8-3-14-9-11-19-12-10-14/h3-13H,1-2H3,(H2,18,22,23). The van der Waals surface area contributed by atoms with Crippen LogP contribution in [0.3, 0.4) is 0 Å². The Labute approximate surface area is 141 Å². The van der Waals surface area contributed by atoms with Crippen molar-refractivity contribution in [3.8, 4) is 0 Å². The first-order valence-electron chi connectivity index (χ1n) is 7.26. The second-order valence-electron chi connectivity index (χ2n) is 5.35. The molecule has 1 aromatic heterocycles. The molecule has 0 saturated heterocycles. The first-order chi connectivity index (χ1) is 11.3. The van der Waals surface area contributed by atoms with E-state index >= 15 is 0 Å². The van der Waals surface area contributed by atoms with Crippen LogP contribution in [0.5, 0.6) is 0 Å². The van der Waals surface area contributed by atoms with E-state index in [2.05, 4.69) is 4.98 Å². The topological polar surface area (TPSA) is 93.4 Å². The molecule has 0 radical (unpaired) electrons. The summed E-state index contributed by atoms with van der Waals surface area (Å²) < 4.78 is 22.6. The lowest BCUT2D eigenvalue weighted by Gasteiger charge is -2.24. The van der Waals surface area contributed by atoms with Crippen LogP contribution in [0.25, 0.3) is 6.08 Å². The molecule has 1 unspecified atom stereocenters. The summed E-state index contributed by atoms with van der Waals surface area (Å²) in [6.07, 6.45) is 6.52. The van der Waals surface area contributed by atoms with Crippen molar-refractivity contribution in [3.63, 3.8) is 0 Å². The Balaban J connectivity index is 2.09. The van der Waals surface area contributed by atoms with Crippen LogP contribution in [0.15, 0.2) is 59.8 Å². The molecule has 0 spiro atoms. The Morgan fingerprint density at radius 3 is 2.29 bits per heavy atom. The molecule has 126 valence electrons. The maximum atomic E-state index is 12.3. The molecule has 1 amide bonds.